The minimum Gasteiger partial charge on any atom is -0.389 e. The first-order chi connectivity index (χ1) is 13.3. The van der Waals surface area contributed by atoms with E-state index in [9.17, 15) is 5.11 Å². The molecule has 1 unspecified atom stereocenters. The summed E-state index contributed by atoms with van der Waals surface area (Å²) >= 11 is 0. The van der Waals surface area contributed by atoms with E-state index in [1.807, 2.05) is 30.5 Å². The normalized spacial score (nSPS) is 17.1. The molecule has 1 aliphatic rings. The van der Waals surface area contributed by atoms with E-state index in [-0.39, 0.29) is 0 Å². The molecule has 2 aromatic rings. The van der Waals surface area contributed by atoms with Gasteiger partial charge in [-0.2, -0.15) is 0 Å². The number of aromatic nitrogens is 2. The molecular weight excluding hydrogens is 342 g/mol. The van der Waals surface area contributed by atoms with Crippen LogP contribution in [-0.4, -0.2) is 72.6 Å². The summed E-state index contributed by atoms with van der Waals surface area (Å²) in [7, 11) is 1.64. The Morgan fingerprint density at radius 1 is 1.15 bits per heavy atom. The summed E-state index contributed by atoms with van der Waals surface area (Å²) in [5.74, 6) is 1.31. The van der Waals surface area contributed by atoms with Crippen molar-refractivity contribution in [2.75, 3.05) is 46.6 Å². The van der Waals surface area contributed by atoms with Crippen LogP contribution in [0.25, 0.3) is 11.3 Å². The van der Waals surface area contributed by atoms with Crippen molar-refractivity contribution < 1.29 is 14.6 Å². The van der Waals surface area contributed by atoms with E-state index >= 15 is 0 Å². The van der Waals surface area contributed by atoms with Gasteiger partial charge in [0.25, 0.3) is 0 Å². The zero-order chi connectivity index (χ0) is 18.9. The molecule has 0 saturated carbocycles. The lowest BCUT2D eigenvalue weighted by Gasteiger charge is -2.32. The van der Waals surface area contributed by atoms with Gasteiger partial charge in [-0.15, -0.1) is 0 Å². The second-order valence-corrected chi connectivity index (χ2v) is 6.96. The second kappa shape index (κ2) is 10.5. The van der Waals surface area contributed by atoms with E-state index in [0.29, 0.717) is 32.3 Å². The predicted octanol–water partition coefficient (Wildman–Crippen LogP) is 2.35. The third-order valence-corrected chi connectivity index (χ3v) is 4.91. The molecule has 6 nitrogen and oxygen atoms in total. The van der Waals surface area contributed by atoms with Gasteiger partial charge in [-0.3, -0.25) is 0 Å². The number of nitrogens with zero attached hydrogens (tertiary/aromatic N) is 3. The van der Waals surface area contributed by atoms with Crippen molar-refractivity contribution in [3.05, 3.63) is 48.4 Å². The van der Waals surface area contributed by atoms with Crippen LogP contribution < -0.4 is 0 Å². The summed E-state index contributed by atoms with van der Waals surface area (Å²) < 4.78 is 10.3. The number of aliphatic hydroxyl groups excluding tert-OH is 1. The molecular formula is C21H29N3O3. The number of rotatable bonds is 9. The summed E-state index contributed by atoms with van der Waals surface area (Å²) in [4.78, 5) is 11.6. The summed E-state index contributed by atoms with van der Waals surface area (Å²) in [6.45, 7) is 3.96. The Bertz CT molecular complexity index is 675. The SMILES string of the molecule is COCCOCC(O)CN1CCC(c2nccc(-c3ccccc3)n2)CC1. The Morgan fingerprint density at radius 3 is 2.67 bits per heavy atom. The smallest absolute Gasteiger partial charge is 0.132 e. The Hall–Kier alpha value is -1.86. The number of hydrogen-bond acceptors (Lipinski definition) is 6. The van der Waals surface area contributed by atoms with Gasteiger partial charge in [0.15, 0.2) is 0 Å². The van der Waals surface area contributed by atoms with E-state index < -0.39 is 6.10 Å². The van der Waals surface area contributed by atoms with Crippen molar-refractivity contribution in [3.8, 4) is 11.3 Å². The molecule has 0 spiro atoms. The van der Waals surface area contributed by atoms with Gasteiger partial charge in [0.2, 0.25) is 0 Å². The molecule has 1 atom stereocenters. The lowest BCUT2D eigenvalue weighted by atomic mass is 9.95. The monoisotopic (exact) mass is 371 g/mol. The fraction of sp³-hybridized carbons (Fsp3) is 0.524. The molecule has 27 heavy (non-hydrogen) atoms. The minimum atomic E-state index is -0.462. The average Bonchev–Trinajstić information content (AvgIpc) is 2.72. The maximum absolute atomic E-state index is 10.1. The van der Waals surface area contributed by atoms with Crippen molar-refractivity contribution in [2.24, 2.45) is 0 Å². The Balaban J connectivity index is 1.48. The summed E-state index contributed by atoms with van der Waals surface area (Å²) in [5, 5.41) is 10.1. The quantitative estimate of drug-likeness (QED) is 0.683. The zero-order valence-corrected chi connectivity index (χ0v) is 16.0. The van der Waals surface area contributed by atoms with Crippen molar-refractivity contribution in [1.29, 1.82) is 0 Å². The predicted molar refractivity (Wildman–Crippen MR) is 105 cm³/mol. The molecule has 2 heterocycles. The number of aliphatic hydroxyl groups is 1. The van der Waals surface area contributed by atoms with Crippen LogP contribution >= 0.6 is 0 Å². The first kappa shape index (κ1) is 19.9. The molecule has 0 aliphatic carbocycles. The molecule has 3 rings (SSSR count). The van der Waals surface area contributed by atoms with Gasteiger partial charge in [0, 0.05) is 31.3 Å². The van der Waals surface area contributed by atoms with Gasteiger partial charge in [0.05, 0.1) is 31.6 Å². The van der Waals surface area contributed by atoms with Crippen LogP contribution in [0.2, 0.25) is 0 Å². The minimum absolute atomic E-state index is 0.353. The average molecular weight is 371 g/mol. The Kier molecular flexibility index (Phi) is 7.71. The maximum atomic E-state index is 10.1. The van der Waals surface area contributed by atoms with Crippen molar-refractivity contribution in [1.82, 2.24) is 14.9 Å². The molecule has 146 valence electrons. The van der Waals surface area contributed by atoms with Gasteiger partial charge in [-0.05, 0) is 32.0 Å². The van der Waals surface area contributed by atoms with E-state index in [0.717, 1.165) is 43.0 Å². The first-order valence-electron chi connectivity index (χ1n) is 9.61. The van der Waals surface area contributed by atoms with Crippen LogP contribution in [0.4, 0.5) is 0 Å². The van der Waals surface area contributed by atoms with E-state index in [1.165, 1.54) is 0 Å². The Morgan fingerprint density at radius 2 is 1.93 bits per heavy atom. The highest BCUT2D eigenvalue weighted by molar-refractivity contribution is 5.58. The van der Waals surface area contributed by atoms with E-state index in [1.54, 1.807) is 7.11 Å². The highest BCUT2D eigenvalue weighted by atomic mass is 16.5. The van der Waals surface area contributed by atoms with Crippen molar-refractivity contribution in [2.45, 2.75) is 24.9 Å². The summed E-state index contributed by atoms with van der Waals surface area (Å²) in [6, 6.07) is 12.2. The number of β-amino-alcohol motifs (C(OH)–C–C–N with tert-alkyl or cyclic N) is 1. The zero-order valence-electron chi connectivity index (χ0n) is 16.0. The molecule has 1 fully saturated rings. The fourth-order valence-electron chi connectivity index (χ4n) is 3.43. The van der Waals surface area contributed by atoms with Crippen LogP contribution in [0.15, 0.2) is 42.6 Å². The van der Waals surface area contributed by atoms with Crippen LogP contribution in [0.3, 0.4) is 0 Å². The van der Waals surface area contributed by atoms with Crippen LogP contribution in [0.5, 0.6) is 0 Å². The third kappa shape index (κ3) is 6.07. The molecule has 1 aromatic carbocycles. The standard InChI is InChI=1S/C21H29N3O3/c1-26-13-14-27-16-19(25)15-24-11-8-18(9-12-24)21-22-10-7-20(23-21)17-5-3-2-4-6-17/h2-7,10,18-19,25H,8-9,11-16H2,1H3. The number of ether oxygens (including phenoxy) is 2. The lowest BCUT2D eigenvalue weighted by Crippen LogP contribution is -2.40. The summed E-state index contributed by atoms with van der Waals surface area (Å²) in [5.41, 5.74) is 2.10. The van der Waals surface area contributed by atoms with Crippen LogP contribution in [-0.2, 0) is 9.47 Å². The second-order valence-electron chi connectivity index (χ2n) is 6.96. The number of benzene rings is 1. The van der Waals surface area contributed by atoms with Gasteiger partial charge < -0.3 is 19.5 Å². The first-order valence-corrected chi connectivity index (χ1v) is 9.61. The molecule has 1 aromatic heterocycles. The molecule has 6 heteroatoms. The Labute approximate surface area is 161 Å². The third-order valence-electron chi connectivity index (χ3n) is 4.91. The fourth-order valence-corrected chi connectivity index (χ4v) is 3.43. The highest BCUT2D eigenvalue weighted by Gasteiger charge is 2.24. The molecule has 0 amide bonds. The number of piperidine rings is 1. The van der Waals surface area contributed by atoms with Gasteiger partial charge in [-0.25, -0.2) is 9.97 Å². The largest absolute Gasteiger partial charge is 0.389 e. The maximum Gasteiger partial charge on any atom is 0.132 e. The number of likely N-dealkylation sites (tertiary alicyclic amines) is 1. The van der Waals surface area contributed by atoms with Crippen molar-refractivity contribution >= 4 is 0 Å². The topological polar surface area (TPSA) is 67.7 Å². The molecule has 1 aliphatic heterocycles. The van der Waals surface area contributed by atoms with E-state index in [4.69, 9.17) is 14.5 Å². The van der Waals surface area contributed by atoms with Gasteiger partial charge in [0.1, 0.15) is 5.82 Å². The van der Waals surface area contributed by atoms with Gasteiger partial charge in [-0.1, -0.05) is 30.3 Å². The molecule has 0 bridgehead atoms. The summed E-state index contributed by atoms with van der Waals surface area (Å²) in [6.07, 6.45) is 3.42. The number of hydrogen-bond donors (Lipinski definition) is 1. The van der Waals surface area contributed by atoms with Crippen LogP contribution in [0, 0.1) is 0 Å². The molecule has 0 radical (unpaired) electrons. The molecule has 1 N–H and O–H groups in total. The van der Waals surface area contributed by atoms with E-state index in [2.05, 4.69) is 22.0 Å². The number of methoxy groups -OCH3 is 1. The molecule has 1 saturated heterocycles. The lowest BCUT2D eigenvalue weighted by molar-refractivity contribution is -0.00340. The van der Waals surface area contributed by atoms with Crippen molar-refractivity contribution in [3.63, 3.8) is 0 Å². The van der Waals surface area contributed by atoms with Gasteiger partial charge >= 0.3 is 0 Å². The van der Waals surface area contributed by atoms with Crippen LogP contribution in [0.1, 0.15) is 24.6 Å². The highest BCUT2D eigenvalue weighted by Crippen LogP contribution is 2.27.